The summed E-state index contributed by atoms with van der Waals surface area (Å²) in [5.41, 5.74) is 0.134. The fourth-order valence-electron chi connectivity index (χ4n) is 1.57. The molecule has 0 aromatic heterocycles. The average molecular weight is 316 g/mol. The number of benzene rings is 1. The highest BCUT2D eigenvalue weighted by atomic mass is 35.5. The van der Waals surface area contributed by atoms with Crippen LogP contribution in [0.4, 0.5) is 0 Å². The first-order chi connectivity index (χ1) is 9.51. The van der Waals surface area contributed by atoms with Crippen LogP contribution >= 0.6 is 23.2 Å². The lowest BCUT2D eigenvalue weighted by Crippen LogP contribution is -2.41. The molecule has 1 amide bonds. The summed E-state index contributed by atoms with van der Waals surface area (Å²) in [6.45, 7) is 5.47. The van der Waals surface area contributed by atoms with Gasteiger partial charge in [-0.2, -0.15) is 0 Å². The minimum absolute atomic E-state index is 0.134. The lowest BCUT2D eigenvalue weighted by atomic mass is 10.1. The van der Waals surface area contributed by atoms with Crippen molar-refractivity contribution < 1.29 is 14.3 Å². The lowest BCUT2D eigenvalue weighted by Gasteiger charge is -2.16. The van der Waals surface area contributed by atoms with Gasteiger partial charge < -0.3 is 10.1 Å². The smallest absolute Gasteiger partial charge is 0.328 e. The van der Waals surface area contributed by atoms with Crippen molar-refractivity contribution in [3.63, 3.8) is 0 Å². The van der Waals surface area contributed by atoms with Gasteiger partial charge >= 0.3 is 5.97 Å². The second-order valence-corrected chi connectivity index (χ2v) is 4.71. The first-order valence-corrected chi connectivity index (χ1v) is 6.79. The molecule has 0 bridgehead atoms. The van der Waals surface area contributed by atoms with E-state index >= 15 is 0 Å². The number of carbonyl (C=O) groups excluding carboxylic acids is 2. The van der Waals surface area contributed by atoms with E-state index in [4.69, 9.17) is 27.9 Å². The third kappa shape index (κ3) is 4.25. The summed E-state index contributed by atoms with van der Waals surface area (Å²) in [5.74, 6) is -1.05. The van der Waals surface area contributed by atoms with Crippen LogP contribution in [0.25, 0.3) is 0 Å². The quantitative estimate of drug-likeness (QED) is 0.647. The predicted octanol–water partition coefficient (Wildman–Crippen LogP) is 3.23. The van der Waals surface area contributed by atoms with E-state index < -0.39 is 17.9 Å². The summed E-state index contributed by atoms with van der Waals surface area (Å²) >= 11 is 11.9. The third-order valence-corrected chi connectivity index (χ3v) is 3.10. The van der Waals surface area contributed by atoms with Crippen LogP contribution < -0.4 is 5.32 Å². The molecule has 20 heavy (non-hydrogen) atoms. The van der Waals surface area contributed by atoms with E-state index in [-0.39, 0.29) is 28.6 Å². The summed E-state index contributed by atoms with van der Waals surface area (Å²) in [5, 5.41) is 2.98. The van der Waals surface area contributed by atoms with Crippen molar-refractivity contribution in [3.8, 4) is 0 Å². The number of hydrogen-bond acceptors (Lipinski definition) is 3. The molecule has 1 atom stereocenters. The number of esters is 1. The molecule has 0 heterocycles. The van der Waals surface area contributed by atoms with Gasteiger partial charge in [0.25, 0.3) is 5.91 Å². The van der Waals surface area contributed by atoms with Crippen molar-refractivity contribution in [2.75, 3.05) is 6.61 Å². The van der Waals surface area contributed by atoms with Crippen LogP contribution in [0, 0.1) is 0 Å². The topological polar surface area (TPSA) is 55.4 Å². The van der Waals surface area contributed by atoms with Gasteiger partial charge in [-0.15, -0.1) is 6.58 Å². The molecule has 0 radical (unpaired) electrons. The molecule has 108 valence electrons. The highest BCUT2D eigenvalue weighted by Gasteiger charge is 2.23. The van der Waals surface area contributed by atoms with Crippen LogP contribution in [0.2, 0.25) is 10.0 Å². The van der Waals surface area contributed by atoms with Gasteiger partial charge in [-0.1, -0.05) is 35.3 Å². The van der Waals surface area contributed by atoms with Gasteiger partial charge in [0.05, 0.1) is 22.2 Å². The van der Waals surface area contributed by atoms with Crippen molar-refractivity contribution in [3.05, 3.63) is 46.5 Å². The van der Waals surface area contributed by atoms with E-state index in [0.717, 1.165) is 0 Å². The Labute approximate surface area is 127 Å². The molecule has 6 heteroatoms. The van der Waals surface area contributed by atoms with Gasteiger partial charge in [-0.05, 0) is 25.5 Å². The van der Waals surface area contributed by atoms with E-state index in [0.29, 0.717) is 0 Å². The van der Waals surface area contributed by atoms with Crippen LogP contribution in [-0.2, 0) is 9.53 Å². The highest BCUT2D eigenvalue weighted by molar-refractivity contribution is 6.39. The van der Waals surface area contributed by atoms with E-state index in [1.165, 1.54) is 6.08 Å². The average Bonchev–Trinajstić information content (AvgIpc) is 2.38. The van der Waals surface area contributed by atoms with Gasteiger partial charge in [-0.25, -0.2) is 4.79 Å². The number of nitrogens with one attached hydrogen (secondary N) is 1. The standard InChI is InChI=1S/C14H15Cl2NO3/c1-3-6-11(14(19)20-4-2)17-13(18)12-9(15)7-5-8-10(12)16/h3,5,7-8,11H,1,4,6H2,2H3,(H,17,18). The summed E-state index contributed by atoms with van der Waals surface area (Å²) in [6, 6.07) is 3.92. The zero-order valence-electron chi connectivity index (χ0n) is 11.0. The van der Waals surface area contributed by atoms with E-state index in [2.05, 4.69) is 11.9 Å². The molecule has 1 unspecified atom stereocenters. The van der Waals surface area contributed by atoms with Gasteiger partial charge in [0.2, 0.25) is 0 Å². The Morgan fingerprint density at radius 3 is 2.50 bits per heavy atom. The molecule has 0 saturated heterocycles. The molecule has 1 N–H and O–H groups in total. The molecule has 0 saturated carbocycles. The second kappa shape index (κ2) is 7.92. The van der Waals surface area contributed by atoms with Crippen molar-refractivity contribution in [2.45, 2.75) is 19.4 Å². The van der Waals surface area contributed by atoms with Crippen LogP contribution in [0.5, 0.6) is 0 Å². The minimum Gasteiger partial charge on any atom is -0.464 e. The predicted molar refractivity (Wildman–Crippen MR) is 79.2 cm³/mol. The Hall–Kier alpha value is -1.52. The molecule has 0 fully saturated rings. The summed E-state index contributed by atoms with van der Waals surface area (Å²) in [4.78, 5) is 23.9. The Morgan fingerprint density at radius 1 is 1.40 bits per heavy atom. The Bertz CT molecular complexity index is 497. The highest BCUT2D eigenvalue weighted by Crippen LogP contribution is 2.24. The van der Waals surface area contributed by atoms with Crippen LogP contribution in [0.3, 0.4) is 0 Å². The van der Waals surface area contributed by atoms with Gasteiger partial charge in [0.1, 0.15) is 6.04 Å². The maximum absolute atomic E-state index is 12.2. The van der Waals surface area contributed by atoms with Crippen molar-refractivity contribution in [2.24, 2.45) is 0 Å². The second-order valence-electron chi connectivity index (χ2n) is 3.90. The fraction of sp³-hybridized carbons (Fsp3) is 0.286. The van der Waals surface area contributed by atoms with Crippen molar-refractivity contribution >= 4 is 35.1 Å². The SMILES string of the molecule is C=CCC(NC(=O)c1c(Cl)cccc1Cl)C(=O)OCC. The van der Waals surface area contributed by atoms with Gasteiger partial charge in [-0.3, -0.25) is 4.79 Å². The van der Waals surface area contributed by atoms with Crippen LogP contribution in [0.15, 0.2) is 30.9 Å². The number of carbonyl (C=O) groups is 2. The normalized spacial score (nSPS) is 11.6. The van der Waals surface area contributed by atoms with E-state index in [1.54, 1.807) is 25.1 Å². The van der Waals surface area contributed by atoms with E-state index in [1.807, 2.05) is 0 Å². The minimum atomic E-state index is -0.813. The van der Waals surface area contributed by atoms with Gasteiger partial charge in [0.15, 0.2) is 0 Å². The first kappa shape index (κ1) is 16.5. The Kier molecular flexibility index (Phi) is 6.55. The molecule has 1 aromatic rings. The van der Waals surface area contributed by atoms with Crippen LogP contribution in [-0.4, -0.2) is 24.5 Å². The summed E-state index contributed by atoms with van der Waals surface area (Å²) in [7, 11) is 0. The maximum Gasteiger partial charge on any atom is 0.328 e. The number of ether oxygens (including phenoxy) is 1. The molecule has 4 nitrogen and oxygen atoms in total. The van der Waals surface area contributed by atoms with Crippen molar-refractivity contribution in [1.29, 1.82) is 0 Å². The molecule has 0 aliphatic carbocycles. The maximum atomic E-state index is 12.2. The molecule has 1 rings (SSSR count). The van der Waals surface area contributed by atoms with Crippen molar-refractivity contribution in [1.82, 2.24) is 5.32 Å². The van der Waals surface area contributed by atoms with Gasteiger partial charge in [0, 0.05) is 0 Å². The molecule has 0 spiro atoms. The zero-order valence-corrected chi connectivity index (χ0v) is 12.5. The summed E-state index contributed by atoms with van der Waals surface area (Å²) in [6.07, 6.45) is 1.78. The van der Waals surface area contributed by atoms with Crippen LogP contribution in [0.1, 0.15) is 23.7 Å². The third-order valence-electron chi connectivity index (χ3n) is 2.47. The summed E-state index contributed by atoms with van der Waals surface area (Å²) < 4.78 is 4.89. The number of halogens is 2. The monoisotopic (exact) mass is 315 g/mol. The molecule has 0 aliphatic rings. The fourth-order valence-corrected chi connectivity index (χ4v) is 2.14. The number of rotatable bonds is 6. The first-order valence-electron chi connectivity index (χ1n) is 6.03. The number of amides is 1. The van der Waals surface area contributed by atoms with E-state index in [9.17, 15) is 9.59 Å². The lowest BCUT2D eigenvalue weighted by molar-refractivity contribution is -0.145. The molecular formula is C14H15Cl2NO3. The number of hydrogen-bond donors (Lipinski definition) is 1. The molecular weight excluding hydrogens is 301 g/mol. The largest absolute Gasteiger partial charge is 0.464 e. The molecule has 1 aromatic carbocycles. The Balaban J connectivity index is 2.91. The molecule has 0 aliphatic heterocycles. The Morgan fingerprint density at radius 2 is 2.00 bits per heavy atom. The zero-order chi connectivity index (χ0) is 15.1.